The second kappa shape index (κ2) is 29.7. The zero-order valence-electron chi connectivity index (χ0n) is 8.25. The second-order valence-electron chi connectivity index (χ2n) is 1.10. The van der Waals surface area contributed by atoms with Crippen molar-refractivity contribution in [2.45, 2.75) is 0 Å². The van der Waals surface area contributed by atoms with Crippen LogP contribution in [0.2, 0.25) is 0 Å². The van der Waals surface area contributed by atoms with Gasteiger partial charge in [0.05, 0.1) is 0 Å². The van der Waals surface area contributed by atoms with Crippen LogP contribution >= 0.6 is 0 Å². The molecule has 0 radical (unpaired) electrons. The van der Waals surface area contributed by atoms with Gasteiger partial charge in [0.2, 0.25) is 0 Å². The van der Waals surface area contributed by atoms with Gasteiger partial charge in [-0.2, -0.15) is 0 Å². The van der Waals surface area contributed by atoms with Crippen molar-refractivity contribution in [3.63, 3.8) is 0 Å². The Morgan fingerprint density at radius 2 is 0.611 bits per heavy atom. The van der Waals surface area contributed by atoms with Gasteiger partial charge in [0.1, 0.15) is 0 Å². The van der Waals surface area contributed by atoms with Crippen LogP contribution in [0, 0.1) is 0 Å². The number of hydrogen-bond donors (Lipinski definition) is 3. The van der Waals surface area contributed by atoms with Crippen LogP contribution in [-0.4, -0.2) is 75.6 Å². The molecule has 0 heterocycles. The SMILES string of the molecule is O=C([O-])[O-].O=C([O-])[O-].O=C([O-])[O-].OB(O)O.[Al+3].[Al+3]. The van der Waals surface area contributed by atoms with Gasteiger partial charge in [-0.25, -0.2) is 0 Å². The van der Waals surface area contributed by atoms with E-state index in [-0.39, 0.29) is 34.7 Å². The summed E-state index contributed by atoms with van der Waals surface area (Å²) in [5.74, 6) is 0. The van der Waals surface area contributed by atoms with Gasteiger partial charge in [0, 0.05) is 0 Å². The molecule has 0 saturated carbocycles. The molecule has 3 N–H and O–H groups in total. The maximum atomic E-state index is 8.33. The average Bonchev–Trinajstić information content (AvgIpc) is 1.76. The Balaban J connectivity index is -0.0000000257. The fourth-order valence-electron chi connectivity index (χ4n) is 0. The molecular weight excluding hydrogens is 293 g/mol. The van der Waals surface area contributed by atoms with Crippen molar-refractivity contribution in [2.24, 2.45) is 0 Å². The maximum Gasteiger partial charge on any atom is 3.00 e. The smallest absolute Gasteiger partial charge is 0.652 e. The van der Waals surface area contributed by atoms with Gasteiger partial charge in [0.25, 0.3) is 0 Å². The standard InChI is InChI=1S/3CH2O3.2Al.BH3O3/c3*2-1(3)4;;;2-1(3)4/h3*(H2,2,3,4);;;2-4H/q;;;2*+3;/p-6. The Hall–Kier alpha value is -1.18. The third-order valence-corrected chi connectivity index (χ3v) is 0. The number of carbonyl (C=O) groups excluding carboxylic acids is 3. The normalized spacial score (nSPS) is 5.50. The van der Waals surface area contributed by atoms with Crippen molar-refractivity contribution in [3.8, 4) is 0 Å². The van der Waals surface area contributed by atoms with Gasteiger partial charge in [-0.15, -0.1) is 0 Å². The molecule has 18 heavy (non-hydrogen) atoms. The first-order valence-corrected chi connectivity index (χ1v) is 2.61. The monoisotopic (exact) mass is 296 g/mol. The minimum Gasteiger partial charge on any atom is -0.652 e. The molecule has 0 aliphatic heterocycles. The van der Waals surface area contributed by atoms with Gasteiger partial charge in [-0.3, -0.25) is 0 Å². The van der Waals surface area contributed by atoms with E-state index in [9.17, 15) is 0 Å². The van der Waals surface area contributed by atoms with E-state index in [1.807, 2.05) is 0 Å². The van der Waals surface area contributed by atoms with Crippen molar-refractivity contribution >= 4 is 60.5 Å². The molecule has 0 aromatic carbocycles. The number of hydrogen-bond acceptors (Lipinski definition) is 12. The number of rotatable bonds is 0. The first-order valence-electron chi connectivity index (χ1n) is 2.61. The van der Waals surface area contributed by atoms with Crippen LogP contribution in [0.5, 0.6) is 0 Å². The molecule has 0 fully saturated rings. The van der Waals surface area contributed by atoms with Gasteiger partial charge in [-0.1, -0.05) is 0 Å². The predicted molar refractivity (Wildman–Crippen MR) is 40.1 cm³/mol. The van der Waals surface area contributed by atoms with Gasteiger partial charge in [0.15, 0.2) is 0 Å². The minimum atomic E-state index is -2.33. The van der Waals surface area contributed by atoms with E-state index in [2.05, 4.69) is 0 Å². The van der Waals surface area contributed by atoms with E-state index < -0.39 is 25.8 Å². The molecule has 0 aromatic heterocycles. The summed E-state index contributed by atoms with van der Waals surface area (Å²) in [5.41, 5.74) is 0. The van der Waals surface area contributed by atoms with E-state index in [1.54, 1.807) is 0 Å². The molecule has 12 nitrogen and oxygen atoms in total. The second-order valence-corrected chi connectivity index (χ2v) is 1.10. The Kier molecular flexibility index (Phi) is 59.3. The fraction of sp³-hybridized carbons (Fsp3) is 0. The Morgan fingerprint density at radius 3 is 0.611 bits per heavy atom. The van der Waals surface area contributed by atoms with Gasteiger partial charge < -0.3 is 60.1 Å². The molecule has 0 rings (SSSR count). The van der Waals surface area contributed by atoms with E-state index >= 15 is 0 Å². The van der Waals surface area contributed by atoms with E-state index in [1.165, 1.54) is 0 Å². The van der Waals surface area contributed by atoms with Crippen molar-refractivity contribution in [1.29, 1.82) is 0 Å². The van der Waals surface area contributed by atoms with Gasteiger partial charge >= 0.3 is 42.0 Å². The summed E-state index contributed by atoms with van der Waals surface area (Å²) in [5, 5.41) is 71.5. The quantitative estimate of drug-likeness (QED) is 0.352. The van der Waals surface area contributed by atoms with E-state index in [0.717, 1.165) is 0 Å². The summed E-state index contributed by atoms with van der Waals surface area (Å²) in [7, 11) is -2.17. The van der Waals surface area contributed by atoms with Crippen LogP contribution in [0.4, 0.5) is 14.4 Å². The summed E-state index contributed by atoms with van der Waals surface area (Å²) >= 11 is 0. The summed E-state index contributed by atoms with van der Waals surface area (Å²) < 4.78 is 0. The van der Waals surface area contributed by atoms with Crippen molar-refractivity contribution in [2.75, 3.05) is 0 Å². The van der Waals surface area contributed by atoms with Crippen molar-refractivity contribution in [1.82, 2.24) is 0 Å². The van der Waals surface area contributed by atoms with Crippen LogP contribution in [0.25, 0.3) is 0 Å². The Bertz CT molecular complexity index is 152. The number of carboxylic acid groups (broad SMARTS) is 6. The number of carbonyl (C=O) groups is 3. The van der Waals surface area contributed by atoms with Crippen LogP contribution in [0.3, 0.4) is 0 Å². The van der Waals surface area contributed by atoms with Crippen LogP contribution in [0.1, 0.15) is 0 Å². The van der Waals surface area contributed by atoms with Crippen LogP contribution in [0.15, 0.2) is 0 Å². The summed E-state index contributed by atoms with van der Waals surface area (Å²) in [6, 6.07) is 0. The van der Waals surface area contributed by atoms with Crippen LogP contribution < -0.4 is 30.6 Å². The molecule has 0 bridgehead atoms. The summed E-state index contributed by atoms with van der Waals surface area (Å²) in [6.07, 6.45) is -7.00. The molecule has 0 saturated heterocycles. The minimum absolute atomic E-state index is 0. The molecular formula is C3H3Al2BO12. The fourth-order valence-corrected chi connectivity index (χ4v) is 0. The Labute approximate surface area is 121 Å². The van der Waals surface area contributed by atoms with Gasteiger partial charge in [-0.05, 0) is 18.5 Å². The molecule has 0 atom stereocenters. The first-order chi connectivity index (χ1) is 6.93. The zero-order chi connectivity index (χ0) is 14.3. The topological polar surface area (TPSA) is 250 Å². The molecule has 15 heteroatoms. The van der Waals surface area contributed by atoms with E-state index in [4.69, 9.17) is 60.1 Å². The van der Waals surface area contributed by atoms with Crippen molar-refractivity contribution in [3.05, 3.63) is 0 Å². The maximum absolute atomic E-state index is 8.33. The Morgan fingerprint density at radius 1 is 0.611 bits per heavy atom. The van der Waals surface area contributed by atoms with Crippen molar-refractivity contribution < 1.29 is 60.1 Å². The molecule has 0 amide bonds. The molecule has 0 unspecified atom stereocenters. The third-order valence-electron chi connectivity index (χ3n) is 0. The molecule has 0 spiro atoms. The third kappa shape index (κ3) is 2030. The zero-order valence-corrected chi connectivity index (χ0v) is 10.6. The molecule has 96 valence electrons. The molecule has 0 aliphatic carbocycles. The first kappa shape index (κ1) is 36.0. The van der Waals surface area contributed by atoms with Crippen LogP contribution in [-0.2, 0) is 0 Å². The average molecular weight is 296 g/mol. The molecule has 0 aliphatic rings. The summed E-state index contributed by atoms with van der Waals surface area (Å²) in [6.45, 7) is 0. The largest absolute Gasteiger partial charge is 3.00 e. The summed E-state index contributed by atoms with van der Waals surface area (Å²) in [4.78, 5) is 25.0. The predicted octanol–water partition coefficient (Wildman–Crippen LogP) is -10.2. The molecule has 0 aromatic rings. The van der Waals surface area contributed by atoms with E-state index in [0.29, 0.717) is 0 Å².